The third kappa shape index (κ3) is 1.84. The van der Waals surface area contributed by atoms with Gasteiger partial charge in [-0.2, -0.15) is 5.10 Å². The van der Waals surface area contributed by atoms with Crippen molar-refractivity contribution in [1.29, 1.82) is 0 Å². The average molecular weight is 274 g/mol. The van der Waals surface area contributed by atoms with Crippen LogP contribution < -0.4 is 5.69 Å². The van der Waals surface area contributed by atoms with Crippen molar-refractivity contribution >= 4 is 11.0 Å². The maximum absolute atomic E-state index is 13.2. The molecule has 0 radical (unpaired) electrons. The zero-order valence-electron chi connectivity index (χ0n) is 11.6. The molecule has 0 aliphatic heterocycles. The van der Waals surface area contributed by atoms with Gasteiger partial charge >= 0.3 is 5.69 Å². The number of halogens is 1. The number of fused-ring (bicyclic) bond motifs is 1. The Morgan fingerprint density at radius 2 is 2.10 bits per heavy atom. The molecule has 2 aromatic heterocycles. The van der Waals surface area contributed by atoms with E-state index in [1.54, 1.807) is 15.3 Å². The fourth-order valence-corrected chi connectivity index (χ4v) is 2.50. The molecule has 2 heterocycles. The first-order valence-electron chi connectivity index (χ1n) is 6.34. The molecular weight excluding hydrogens is 259 g/mol. The molecule has 0 saturated heterocycles. The molecule has 3 rings (SSSR count). The van der Waals surface area contributed by atoms with E-state index in [1.807, 2.05) is 20.9 Å². The Balaban J connectivity index is 2.16. The van der Waals surface area contributed by atoms with Crippen molar-refractivity contribution in [3.05, 3.63) is 51.5 Å². The molecule has 3 aromatic rings. The summed E-state index contributed by atoms with van der Waals surface area (Å²) in [5.41, 5.74) is 3.89. The van der Waals surface area contributed by atoms with E-state index in [-0.39, 0.29) is 11.5 Å². The van der Waals surface area contributed by atoms with E-state index in [4.69, 9.17) is 0 Å². The fourth-order valence-electron chi connectivity index (χ4n) is 2.50. The molecule has 1 N–H and O–H groups in total. The van der Waals surface area contributed by atoms with Crippen molar-refractivity contribution < 1.29 is 4.39 Å². The Hall–Kier alpha value is -2.37. The molecule has 0 saturated carbocycles. The topological polar surface area (TPSA) is 55.6 Å². The Bertz CT molecular complexity index is 856. The van der Waals surface area contributed by atoms with Gasteiger partial charge in [0, 0.05) is 18.3 Å². The normalized spacial score (nSPS) is 11.4. The summed E-state index contributed by atoms with van der Waals surface area (Å²) in [5, 5.41) is 4.35. The van der Waals surface area contributed by atoms with E-state index in [9.17, 15) is 9.18 Å². The van der Waals surface area contributed by atoms with E-state index >= 15 is 0 Å². The van der Waals surface area contributed by atoms with Crippen LogP contribution >= 0.6 is 0 Å². The standard InChI is InChI=1S/C14H15FN4O/c1-8-11(9(2)18(3)17-8)7-19-13-5-4-10(15)6-12(13)16-14(19)20/h4-6H,7H2,1-3H3,(H,16,20). The average Bonchev–Trinajstić information content (AvgIpc) is 2.81. The van der Waals surface area contributed by atoms with Gasteiger partial charge in [-0.15, -0.1) is 0 Å². The minimum absolute atomic E-state index is 0.242. The summed E-state index contributed by atoms with van der Waals surface area (Å²) in [5.74, 6) is -0.361. The van der Waals surface area contributed by atoms with E-state index in [2.05, 4.69) is 10.1 Å². The van der Waals surface area contributed by atoms with Crippen molar-refractivity contribution in [3.8, 4) is 0 Å². The predicted octanol–water partition coefficient (Wildman–Crippen LogP) is 1.87. The first-order chi connectivity index (χ1) is 9.47. The highest BCUT2D eigenvalue weighted by Gasteiger charge is 2.13. The van der Waals surface area contributed by atoms with Crippen LogP contribution in [0.25, 0.3) is 11.0 Å². The van der Waals surface area contributed by atoms with Crippen LogP contribution in [0.4, 0.5) is 4.39 Å². The summed E-state index contributed by atoms with van der Waals surface area (Å²) >= 11 is 0. The minimum Gasteiger partial charge on any atom is -0.305 e. The second kappa shape index (κ2) is 4.33. The Morgan fingerprint density at radius 1 is 1.35 bits per heavy atom. The molecule has 1 aromatic carbocycles. The first kappa shape index (κ1) is 12.7. The number of aromatic amines is 1. The van der Waals surface area contributed by atoms with Gasteiger partial charge in [-0.1, -0.05) is 0 Å². The maximum Gasteiger partial charge on any atom is 0.326 e. The van der Waals surface area contributed by atoms with Gasteiger partial charge in [0.05, 0.1) is 23.3 Å². The van der Waals surface area contributed by atoms with Gasteiger partial charge < -0.3 is 4.98 Å². The van der Waals surface area contributed by atoms with Gasteiger partial charge in [0.25, 0.3) is 0 Å². The summed E-state index contributed by atoms with van der Waals surface area (Å²) in [6, 6.07) is 4.30. The van der Waals surface area contributed by atoms with Crippen LogP contribution in [0.15, 0.2) is 23.0 Å². The zero-order chi connectivity index (χ0) is 14.4. The number of hydrogen-bond acceptors (Lipinski definition) is 2. The summed E-state index contributed by atoms with van der Waals surface area (Å²) in [6.45, 7) is 4.31. The lowest BCUT2D eigenvalue weighted by atomic mass is 10.2. The van der Waals surface area contributed by atoms with Crippen LogP contribution in [-0.2, 0) is 13.6 Å². The highest BCUT2D eigenvalue weighted by Crippen LogP contribution is 2.17. The van der Waals surface area contributed by atoms with Crippen LogP contribution in [0, 0.1) is 19.7 Å². The van der Waals surface area contributed by atoms with Crippen LogP contribution in [0.5, 0.6) is 0 Å². The number of nitrogens with zero attached hydrogens (tertiary/aromatic N) is 3. The lowest BCUT2D eigenvalue weighted by Crippen LogP contribution is -2.18. The second-order valence-corrected chi connectivity index (χ2v) is 4.95. The predicted molar refractivity (Wildman–Crippen MR) is 74.3 cm³/mol. The van der Waals surface area contributed by atoms with E-state index in [0.29, 0.717) is 17.6 Å². The van der Waals surface area contributed by atoms with Gasteiger partial charge in [-0.25, -0.2) is 9.18 Å². The quantitative estimate of drug-likeness (QED) is 0.775. The number of H-pyrrole nitrogens is 1. The monoisotopic (exact) mass is 274 g/mol. The first-order valence-corrected chi connectivity index (χ1v) is 6.34. The summed E-state index contributed by atoms with van der Waals surface area (Å²) in [7, 11) is 1.87. The molecule has 0 fully saturated rings. The maximum atomic E-state index is 13.2. The Morgan fingerprint density at radius 3 is 2.75 bits per heavy atom. The molecule has 0 aliphatic rings. The van der Waals surface area contributed by atoms with Gasteiger partial charge in [-0.3, -0.25) is 9.25 Å². The van der Waals surface area contributed by atoms with Gasteiger partial charge in [0.2, 0.25) is 0 Å². The molecule has 104 valence electrons. The largest absolute Gasteiger partial charge is 0.326 e. The third-order valence-corrected chi connectivity index (χ3v) is 3.71. The lowest BCUT2D eigenvalue weighted by molar-refractivity contribution is 0.629. The zero-order valence-corrected chi connectivity index (χ0v) is 11.6. The van der Waals surface area contributed by atoms with Gasteiger partial charge in [0.1, 0.15) is 5.82 Å². The van der Waals surface area contributed by atoms with Crippen LogP contribution in [-0.4, -0.2) is 19.3 Å². The van der Waals surface area contributed by atoms with Crippen LogP contribution in [0.1, 0.15) is 17.0 Å². The van der Waals surface area contributed by atoms with Crippen molar-refractivity contribution in [1.82, 2.24) is 19.3 Å². The molecule has 6 heteroatoms. The van der Waals surface area contributed by atoms with Crippen molar-refractivity contribution in [2.24, 2.45) is 7.05 Å². The Labute approximate surface area is 114 Å². The van der Waals surface area contributed by atoms with Crippen molar-refractivity contribution in [2.45, 2.75) is 20.4 Å². The molecule has 0 amide bonds. The smallest absolute Gasteiger partial charge is 0.305 e. The summed E-state index contributed by atoms with van der Waals surface area (Å²) in [6.07, 6.45) is 0. The van der Waals surface area contributed by atoms with E-state index in [0.717, 1.165) is 17.0 Å². The molecule has 0 bridgehead atoms. The fraction of sp³-hybridized carbons (Fsp3) is 0.286. The highest BCUT2D eigenvalue weighted by atomic mass is 19.1. The lowest BCUT2D eigenvalue weighted by Gasteiger charge is -2.04. The number of imidazole rings is 1. The van der Waals surface area contributed by atoms with Crippen LogP contribution in [0.3, 0.4) is 0 Å². The number of benzene rings is 1. The van der Waals surface area contributed by atoms with Crippen LogP contribution in [0.2, 0.25) is 0 Å². The van der Waals surface area contributed by atoms with Gasteiger partial charge in [-0.05, 0) is 32.0 Å². The number of hydrogen-bond donors (Lipinski definition) is 1. The Kier molecular flexibility index (Phi) is 2.74. The highest BCUT2D eigenvalue weighted by molar-refractivity contribution is 5.75. The van der Waals surface area contributed by atoms with Crippen molar-refractivity contribution in [3.63, 3.8) is 0 Å². The molecule has 0 spiro atoms. The van der Waals surface area contributed by atoms with Gasteiger partial charge in [0.15, 0.2) is 0 Å². The molecule has 0 aliphatic carbocycles. The van der Waals surface area contributed by atoms with E-state index < -0.39 is 0 Å². The molecule has 0 unspecified atom stereocenters. The molecule has 0 atom stereocenters. The number of aryl methyl sites for hydroxylation is 2. The number of nitrogens with one attached hydrogen (secondary N) is 1. The SMILES string of the molecule is Cc1nn(C)c(C)c1Cn1c(=O)[nH]c2cc(F)ccc21. The molecule has 5 nitrogen and oxygen atoms in total. The third-order valence-electron chi connectivity index (χ3n) is 3.71. The van der Waals surface area contributed by atoms with E-state index in [1.165, 1.54) is 12.1 Å². The summed E-state index contributed by atoms with van der Waals surface area (Å²) in [4.78, 5) is 14.7. The molecule has 20 heavy (non-hydrogen) atoms. The number of aromatic nitrogens is 4. The second-order valence-electron chi connectivity index (χ2n) is 4.95. The number of rotatable bonds is 2. The summed E-state index contributed by atoms with van der Waals surface area (Å²) < 4.78 is 16.6. The van der Waals surface area contributed by atoms with Crippen molar-refractivity contribution in [2.75, 3.05) is 0 Å². The molecular formula is C14H15FN4O. The minimum atomic E-state index is -0.361.